The van der Waals surface area contributed by atoms with Crippen molar-refractivity contribution in [1.29, 1.82) is 5.26 Å². The first kappa shape index (κ1) is 26.4. The molecule has 0 saturated carbocycles. The average molecular weight is 530 g/mol. The second-order valence-electron chi connectivity index (χ2n) is 7.56. The van der Waals surface area contributed by atoms with Crippen LogP contribution in [0.15, 0.2) is 66.2 Å². The lowest BCUT2D eigenvalue weighted by molar-refractivity contribution is -0.117. The Hall–Kier alpha value is -3.17. The Morgan fingerprint density at radius 2 is 1.80 bits per heavy atom. The lowest BCUT2D eigenvalue weighted by Crippen LogP contribution is -2.27. The zero-order valence-electron chi connectivity index (χ0n) is 19.1. The van der Waals surface area contributed by atoms with Crippen LogP contribution < -0.4 is 14.8 Å². The zero-order valence-corrected chi connectivity index (χ0v) is 21.4. The first-order valence-electron chi connectivity index (χ1n) is 10.8. The third kappa shape index (κ3) is 7.16. The van der Waals surface area contributed by atoms with E-state index in [9.17, 15) is 10.1 Å². The summed E-state index contributed by atoms with van der Waals surface area (Å²) < 4.78 is 11.6. The summed E-state index contributed by atoms with van der Waals surface area (Å²) in [5.41, 5.74) is 2.12. The Morgan fingerprint density at radius 3 is 2.46 bits per heavy atom. The molecule has 3 aromatic rings. The fourth-order valence-corrected chi connectivity index (χ4v) is 4.01. The quantitative estimate of drug-likeness (QED) is 0.231. The standard InChI is InChI=1S/C27H23Cl3N2O3/c1-3-34-25-13-18(11-21(15-31)27(33)32-17(2)19-7-5-4-6-8-19)12-24(30)26(25)35-16-20-9-10-22(28)14-23(20)29/h4-14,17H,3,16H2,1-2H3,(H,32,33)/b21-11-/t17-/m1/s1. The largest absolute Gasteiger partial charge is 0.490 e. The molecule has 8 heteroatoms. The maximum atomic E-state index is 12.7. The molecule has 0 saturated heterocycles. The number of hydrogen-bond donors (Lipinski definition) is 1. The van der Waals surface area contributed by atoms with Gasteiger partial charge in [-0.2, -0.15) is 5.26 Å². The number of halogens is 3. The maximum Gasteiger partial charge on any atom is 0.262 e. The first-order chi connectivity index (χ1) is 16.8. The second kappa shape index (κ2) is 12.5. The molecule has 1 atom stereocenters. The minimum Gasteiger partial charge on any atom is -0.490 e. The average Bonchev–Trinajstić information content (AvgIpc) is 2.83. The first-order valence-corrected chi connectivity index (χ1v) is 12.0. The van der Waals surface area contributed by atoms with E-state index in [0.29, 0.717) is 33.7 Å². The molecule has 0 aliphatic rings. The number of nitriles is 1. The van der Waals surface area contributed by atoms with Gasteiger partial charge in [0.1, 0.15) is 18.2 Å². The summed E-state index contributed by atoms with van der Waals surface area (Å²) in [6.07, 6.45) is 1.46. The van der Waals surface area contributed by atoms with E-state index in [4.69, 9.17) is 44.3 Å². The Morgan fingerprint density at radius 1 is 1.06 bits per heavy atom. The fraction of sp³-hybridized carbons (Fsp3) is 0.185. The molecule has 0 bridgehead atoms. The van der Waals surface area contributed by atoms with Crippen molar-refractivity contribution in [2.75, 3.05) is 6.61 Å². The predicted molar refractivity (Wildman–Crippen MR) is 140 cm³/mol. The van der Waals surface area contributed by atoms with Crippen molar-refractivity contribution in [2.24, 2.45) is 0 Å². The summed E-state index contributed by atoms with van der Waals surface area (Å²) in [5.74, 6) is 0.222. The lowest BCUT2D eigenvalue weighted by atomic mass is 10.1. The van der Waals surface area contributed by atoms with Gasteiger partial charge in [-0.05, 0) is 55.3 Å². The number of benzene rings is 3. The van der Waals surface area contributed by atoms with Gasteiger partial charge in [0.15, 0.2) is 11.5 Å². The van der Waals surface area contributed by atoms with Crippen molar-refractivity contribution in [3.05, 3.63) is 98.0 Å². The summed E-state index contributed by atoms with van der Waals surface area (Å²) in [6, 6.07) is 19.6. The number of nitrogens with zero attached hydrogens (tertiary/aromatic N) is 1. The van der Waals surface area contributed by atoms with E-state index >= 15 is 0 Å². The molecule has 5 nitrogen and oxygen atoms in total. The normalized spacial score (nSPS) is 11.9. The molecule has 0 radical (unpaired) electrons. The topological polar surface area (TPSA) is 71.3 Å². The van der Waals surface area contributed by atoms with E-state index in [2.05, 4.69) is 5.32 Å². The second-order valence-corrected chi connectivity index (χ2v) is 8.81. The number of ether oxygens (including phenoxy) is 2. The van der Waals surface area contributed by atoms with E-state index in [1.165, 1.54) is 6.08 Å². The van der Waals surface area contributed by atoms with Crippen LogP contribution in [0.5, 0.6) is 11.5 Å². The highest BCUT2D eigenvalue weighted by Gasteiger charge is 2.17. The molecule has 3 rings (SSSR count). The van der Waals surface area contributed by atoms with Crippen LogP contribution in [0, 0.1) is 11.3 Å². The summed E-state index contributed by atoms with van der Waals surface area (Å²) in [4.78, 5) is 12.7. The molecule has 1 amide bonds. The predicted octanol–water partition coefficient (Wildman–Crippen LogP) is 7.41. The Labute approximate surface area is 219 Å². The summed E-state index contributed by atoms with van der Waals surface area (Å²) in [7, 11) is 0. The van der Waals surface area contributed by atoms with Crippen LogP contribution in [0.4, 0.5) is 0 Å². The molecular weight excluding hydrogens is 507 g/mol. The fourth-order valence-electron chi connectivity index (χ4n) is 3.28. The molecule has 0 fully saturated rings. The van der Waals surface area contributed by atoms with E-state index in [1.807, 2.05) is 50.2 Å². The van der Waals surface area contributed by atoms with Gasteiger partial charge in [0.25, 0.3) is 5.91 Å². The molecule has 0 unspecified atom stereocenters. The Balaban J connectivity index is 1.83. The molecule has 0 spiro atoms. The van der Waals surface area contributed by atoms with Crippen LogP contribution in [-0.4, -0.2) is 12.5 Å². The molecule has 180 valence electrons. The van der Waals surface area contributed by atoms with Gasteiger partial charge in [-0.25, -0.2) is 0 Å². The molecule has 1 N–H and O–H groups in total. The highest BCUT2D eigenvalue weighted by molar-refractivity contribution is 6.35. The Kier molecular flexibility index (Phi) is 9.45. The van der Waals surface area contributed by atoms with Gasteiger partial charge >= 0.3 is 0 Å². The summed E-state index contributed by atoms with van der Waals surface area (Å²) in [6.45, 7) is 4.19. The van der Waals surface area contributed by atoms with Crippen molar-refractivity contribution in [3.8, 4) is 17.6 Å². The van der Waals surface area contributed by atoms with Crippen LogP contribution in [0.3, 0.4) is 0 Å². The van der Waals surface area contributed by atoms with Gasteiger partial charge in [-0.1, -0.05) is 71.2 Å². The molecule has 3 aromatic carbocycles. The van der Waals surface area contributed by atoms with Crippen LogP contribution in [-0.2, 0) is 11.4 Å². The highest BCUT2D eigenvalue weighted by atomic mass is 35.5. The number of carbonyl (C=O) groups is 1. The number of nitrogens with one attached hydrogen (secondary N) is 1. The molecule has 0 heterocycles. The van der Waals surface area contributed by atoms with Crippen molar-refractivity contribution >= 4 is 46.8 Å². The summed E-state index contributed by atoms with van der Waals surface area (Å²) in [5, 5.41) is 13.7. The smallest absolute Gasteiger partial charge is 0.262 e. The molecule has 0 aliphatic carbocycles. The van der Waals surface area contributed by atoms with Crippen LogP contribution in [0.1, 0.15) is 36.6 Å². The minimum atomic E-state index is -0.490. The molecule has 0 aliphatic heterocycles. The lowest BCUT2D eigenvalue weighted by Gasteiger charge is -2.16. The van der Waals surface area contributed by atoms with Gasteiger partial charge in [-0.3, -0.25) is 4.79 Å². The maximum absolute atomic E-state index is 12.7. The number of hydrogen-bond acceptors (Lipinski definition) is 4. The number of amides is 1. The zero-order chi connectivity index (χ0) is 25.4. The van der Waals surface area contributed by atoms with Crippen molar-refractivity contribution in [3.63, 3.8) is 0 Å². The van der Waals surface area contributed by atoms with Gasteiger partial charge in [0.2, 0.25) is 0 Å². The van der Waals surface area contributed by atoms with E-state index in [0.717, 1.165) is 11.1 Å². The third-order valence-corrected chi connectivity index (χ3v) is 5.91. The van der Waals surface area contributed by atoms with Crippen molar-refractivity contribution in [1.82, 2.24) is 5.32 Å². The Bertz CT molecular complexity index is 1270. The number of carbonyl (C=O) groups excluding carboxylic acids is 1. The van der Waals surface area contributed by atoms with Gasteiger partial charge in [0, 0.05) is 15.6 Å². The third-order valence-electron chi connectivity index (χ3n) is 5.04. The van der Waals surface area contributed by atoms with Crippen LogP contribution in [0.25, 0.3) is 6.08 Å². The molecule has 0 aromatic heterocycles. The van der Waals surface area contributed by atoms with E-state index in [-0.39, 0.29) is 23.2 Å². The van der Waals surface area contributed by atoms with Gasteiger partial charge in [-0.15, -0.1) is 0 Å². The minimum absolute atomic E-state index is 0.0621. The molecular formula is C27H23Cl3N2O3. The van der Waals surface area contributed by atoms with Crippen LogP contribution >= 0.6 is 34.8 Å². The highest BCUT2D eigenvalue weighted by Crippen LogP contribution is 2.38. The van der Waals surface area contributed by atoms with Crippen molar-refractivity contribution < 1.29 is 14.3 Å². The monoisotopic (exact) mass is 528 g/mol. The van der Waals surface area contributed by atoms with Crippen LogP contribution in [0.2, 0.25) is 15.1 Å². The van der Waals surface area contributed by atoms with E-state index < -0.39 is 5.91 Å². The summed E-state index contributed by atoms with van der Waals surface area (Å²) >= 11 is 18.7. The van der Waals surface area contributed by atoms with Gasteiger partial charge in [0.05, 0.1) is 17.7 Å². The number of rotatable bonds is 9. The van der Waals surface area contributed by atoms with E-state index in [1.54, 1.807) is 30.3 Å². The van der Waals surface area contributed by atoms with Gasteiger partial charge < -0.3 is 14.8 Å². The SMILES string of the molecule is CCOc1cc(/C=C(/C#N)C(=O)N[C@H](C)c2ccccc2)cc(Cl)c1OCc1ccc(Cl)cc1Cl. The molecule has 35 heavy (non-hydrogen) atoms. The van der Waals surface area contributed by atoms with Crippen molar-refractivity contribution in [2.45, 2.75) is 26.5 Å².